The number of amides is 1. The van der Waals surface area contributed by atoms with Crippen LogP contribution in [0.1, 0.15) is 72.6 Å². The number of nitrogens with zero attached hydrogens (tertiary/aromatic N) is 1. The number of hydrogen-bond acceptors (Lipinski definition) is 2. The molecule has 0 aromatic heterocycles. The van der Waals surface area contributed by atoms with Gasteiger partial charge in [0.25, 0.3) is 0 Å². The summed E-state index contributed by atoms with van der Waals surface area (Å²) in [6, 6.07) is 0.474. The first-order valence-corrected chi connectivity index (χ1v) is 11.0. The van der Waals surface area contributed by atoms with Crippen LogP contribution < -0.4 is 0 Å². The summed E-state index contributed by atoms with van der Waals surface area (Å²) in [6.07, 6.45) is 8.85. The van der Waals surface area contributed by atoms with E-state index in [9.17, 15) is 4.79 Å². The Morgan fingerprint density at radius 3 is 2.54 bits per heavy atom. The van der Waals surface area contributed by atoms with Crippen molar-refractivity contribution < 1.29 is 9.53 Å². The van der Waals surface area contributed by atoms with Crippen molar-refractivity contribution >= 4 is 5.91 Å². The molecule has 0 spiro atoms. The lowest BCUT2D eigenvalue weighted by Gasteiger charge is -2.62. The van der Waals surface area contributed by atoms with E-state index in [4.69, 9.17) is 4.74 Å². The minimum Gasteiger partial charge on any atom is -0.381 e. The van der Waals surface area contributed by atoms with Gasteiger partial charge in [-0.25, -0.2) is 0 Å². The minimum atomic E-state index is 0.334. The molecule has 1 amide bonds. The summed E-state index contributed by atoms with van der Waals surface area (Å²) in [5, 5.41) is 0. The van der Waals surface area contributed by atoms with Gasteiger partial charge in [-0.05, 0) is 85.9 Å². The summed E-state index contributed by atoms with van der Waals surface area (Å²) in [4.78, 5) is 14.4. The molecule has 26 heavy (non-hydrogen) atoms. The van der Waals surface area contributed by atoms with Crippen molar-refractivity contribution in [3.8, 4) is 0 Å². The fourth-order valence-corrected chi connectivity index (χ4v) is 8.70. The van der Waals surface area contributed by atoms with Gasteiger partial charge >= 0.3 is 0 Å². The molecule has 1 heterocycles. The lowest BCUT2D eigenvalue weighted by molar-refractivity contribution is -0.160. The van der Waals surface area contributed by atoms with E-state index in [-0.39, 0.29) is 0 Å². The van der Waals surface area contributed by atoms with Crippen molar-refractivity contribution in [2.75, 3.05) is 14.2 Å². The van der Waals surface area contributed by atoms with Crippen molar-refractivity contribution in [3.05, 3.63) is 0 Å². The van der Waals surface area contributed by atoms with Crippen molar-refractivity contribution in [2.24, 2.45) is 40.4 Å². The second kappa shape index (κ2) is 6.22. The van der Waals surface area contributed by atoms with Crippen LogP contribution in [0.5, 0.6) is 0 Å². The fourth-order valence-electron chi connectivity index (χ4n) is 8.70. The van der Waals surface area contributed by atoms with Crippen LogP contribution in [-0.4, -0.2) is 37.1 Å². The Balaban J connectivity index is 1.64. The van der Waals surface area contributed by atoms with Crippen LogP contribution in [0.4, 0.5) is 0 Å². The summed E-state index contributed by atoms with van der Waals surface area (Å²) < 4.78 is 5.84. The maximum Gasteiger partial charge on any atom is 0.222 e. The highest BCUT2D eigenvalue weighted by Gasteiger charge is 2.63. The molecular formula is C23H39NO2. The maximum atomic E-state index is 12.3. The van der Waals surface area contributed by atoms with Crippen LogP contribution >= 0.6 is 0 Å². The number of methoxy groups -OCH3 is 1. The van der Waals surface area contributed by atoms with Gasteiger partial charge in [-0.2, -0.15) is 0 Å². The summed E-state index contributed by atoms with van der Waals surface area (Å²) >= 11 is 0. The van der Waals surface area contributed by atoms with Crippen molar-refractivity contribution in [3.63, 3.8) is 0 Å². The first kappa shape index (κ1) is 18.8. The number of fused-ring (bicyclic) bond motifs is 5. The summed E-state index contributed by atoms with van der Waals surface area (Å²) in [5.41, 5.74) is 0.775. The van der Waals surface area contributed by atoms with Gasteiger partial charge in [0, 0.05) is 26.6 Å². The number of piperidine rings is 1. The quantitative estimate of drug-likeness (QED) is 0.710. The van der Waals surface area contributed by atoms with Crippen molar-refractivity contribution in [1.82, 2.24) is 4.90 Å². The van der Waals surface area contributed by atoms with E-state index < -0.39 is 0 Å². The zero-order valence-corrected chi connectivity index (χ0v) is 17.8. The van der Waals surface area contributed by atoms with Gasteiger partial charge in [0.2, 0.25) is 5.91 Å². The smallest absolute Gasteiger partial charge is 0.222 e. The van der Waals surface area contributed by atoms with E-state index in [0.717, 1.165) is 36.5 Å². The Morgan fingerprint density at radius 2 is 1.85 bits per heavy atom. The predicted molar refractivity (Wildman–Crippen MR) is 105 cm³/mol. The first-order valence-electron chi connectivity index (χ1n) is 11.0. The van der Waals surface area contributed by atoms with E-state index in [1.165, 1.54) is 32.1 Å². The van der Waals surface area contributed by atoms with E-state index >= 15 is 0 Å². The molecule has 1 unspecified atom stereocenters. The number of carbonyl (C=O) groups excluding carboxylic acids is 1. The van der Waals surface area contributed by atoms with Crippen LogP contribution in [0.2, 0.25) is 0 Å². The molecule has 0 aromatic rings. The highest BCUT2D eigenvalue weighted by Crippen LogP contribution is 2.67. The Labute approximate surface area is 160 Å². The van der Waals surface area contributed by atoms with Gasteiger partial charge in [-0.3, -0.25) is 4.79 Å². The molecule has 4 rings (SSSR count). The Bertz CT molecular complexity index is 577. The van der Waals surface area contributed by atoms with Crippen LogP contribution in [-0.2, 0) is 9.53 Å². The second-order valence-corrected chi connectivity index (χ2v) is 10.7. The van der Waals surface area contributed by atoms with Gasteiger partial charge in [0.05, 0.1) is 6.10 Å². The van der Waals surface area contributed by atoms with E-state index in [2.05, 4.69) is 39.6 Å². The highest BCUT2D eigenvalue weighted by atomic mass is 16.5. The third-order valence-corrected chi connectivity index (χ3v) is 9.87. The van der Waals surface area contributed by atoms with Crippen molar-refractivity contribution in [2.45, 2.75) is 84.8 Å². The minimum absolute atomic E-state index is 0.334. The molecule has 0 bridgehead atoms. The molecule has 0 radical (unpaired) electrons. The average Bonchev–Trinajstić information content (AvgIpc) is 2.88. The van der Waals surface area contributed by atoms with Crippen LogP contribution in [0, 0.1) is 40.4 Å². The molecule has 3 aliphatic carbocycles. The van der Waals surface area contributed by atoms with E-state index in [0.29, 0.717) is 34.8 Å². The summed E-state index contributed by atoms with van der Waals surface area (Å²) in [7, 11) is 3.95. The summed E-state index contributed by atoms with van der Waals surface area (Å²) in [5.74, 6) is 4.33. The SMILES string of the molecule is COC(C)[C@H]1[C@@H](C)C[C@H]2[C@@H]3CC[C@H]4N(C)C(=O)CC[C@]4(C)[C@H]3CC[C@@]21C. The van der Waals surface area contributed by atoms with Gasteiger partial charge in [0.1, 0.15) is 0 Å². The molecule has 1 aliphatic heterocycles. The molecule has 3 saturated carbocycles. The van der Waals surface area contributed by atoms with Crippen LogP contribution in [0.3, 0.4) is 0 Å². The van der Waals surface area contributed by atoms with Crippen LogP contribution in [0.25, 0.3) is 0 Å². The van der Waals surface area contributed by atoms with E-state index in [1.807, 2.05) is 7.11 Å². The zero-order valence-electron chi connectivity index (χ0n) is 17.8. The topological polar surface area (TPSA) is 29.5 Å². The molecule has 9 atom stereocenters. The van der Waals surface area contributed by atoms with Gasteiger partial charge in [-0.15, -0.1) is 0 Å². The Kier molecular flexibility index (Phi) is 4.49. The number of hydrogen-bond donors (Lipinski definition) is 0. The lowest BCUT2D eigenvalue weighted by atomic mass is 9.46. The third kappa shape index (κ3) is 2.38. The predicted octanol–water partition coefficient (Wildman–Crippen LogP) is 4.75. The standard InChI is InChI=1S/C23H39NO2/c1-14-13-18-16-7-8-19-22(3,12-10-20(25)24(19)5)17(16)9-11-23(18,4)21(14)15(2)26-6/h14-19,21H,7-13H2,1-6H3/t14-,15?,16+,17-,18-,19+,21+,22+,23-/m0/s1. The fraction of sp³-hybridized carbons (Fsp3) is 0.957. The van der Waals surface area contributed by atoms with E-state index in [1.54, 1.807) is 0 Å². The van der Waals surface area contributed by atoms with Gasteiger partial charge in [0.15, 0.2) is 0 Å². The molecule has 4 fully saturated rings. The molecule has 1 saturated heterocycles. The van der Waals surface area contributed by atoms with Crippen LogP contribution in [0.15, 0.2) is 0 Å². The Morgan fingerprint density at radius 1 is 1.12 bits per heavy atom. The average molecular weight is 362 g/mol. The molecule has 0 aromatic carbocycles. The molecule has 148 valence electrons. The monoisotopic (exact) mass is 361 g/mol. The molecule has 0 N–H and O–H groups in total. The van der Waals surface area contributed by atoms with Gasteiger partial charge in [-0.1, -0.05) is 20.8 Å². The van der Waals surface area contributed by atoms with Crippen molar-refractivity contribution in [1.29, 1.82) is 0 Å². The normalized spacial score (nSPS) is 52.2. The largest absolute Gasteiger partial charge is 0.381 e. The lowest BCUT2D eigenvalue weighted by Crippen LogP contribution is -2.61. The Hall–Kier alpha value is -0.570. The maximum absolute atomic E-state index is 12.3. The molecular weight excluding hydrogens is 322 g/mol. The molecule has 4 aliphatic rings. The molecule has 3 nitrogen and oxygen atoms in total. The summed E-state index contributed by atoms with van der Waals surface area (Å²) in [6.45, 7) is 9.87. The third-order valence-electron chi connectivity index (χ3n) is 9.87. The first-order chi connectivity index (χ1) is 12.2. The number of likely N-dealkylation sites (tertiary alicyclic amines) is 1. The molecule has 3 heteroatoms. The number of ether oxygens (including phenoxy) is 1. The second-order valence-electron chi connectivity index (χ2n) is 10.7. The highest BCUT2D eigenvalue weighted by molar-refractivity contribution is 5.77. The zero-order chi connectivity index (χ0) is 18.9. The number of rotatable bonds is 2. The number of carbonyl (C=O) groups is 1. The van der Waals surface area contributed by atoms with Gasteiger partial charge < -0.3 is 9.64 Å².